The zero-order valence-corrected chi connectivity index (χ0v) is 8.07. The monoisotopic (exact) mass is 181 g/mol. The lowest BCUT2D eigenvalue weighted by Crippen LogP contribution is -1.99. The molecule has 64 valence electrons. The zero-order valence-electron chi connectivity index (χ0n) is 7.26. The highest BCUT2D eigenvalue weighted by atomic mass is 32.1. The van der Waals surface area contributed by atoms with Gasteiger partial charge in [-0.25, -0.2) is 4.98 Å². The van der Waals surface area contributed by atoms with Crippen molar-refractivity contribution in [3.05, 3.63) is 28.2 Å². The van der Waals surface area contributed by atoms with Crippen LogP contribution in [0, 0.1) is 6.92 Å². The van der Waals surface area contributed by atoms with Crippen LogP contribution in [-0.4, -0.2) is 10.8 Å². The van der Waals surface area contributed by atoms with Crippen LogP contribution in [0.25, 0.3) is 0 Å². The van der Waals surface area contributed by atoms with E-state index in [1.54, 1.807) is 5.38 Å². The van der Waals surface area contributed by atoms with Crippen molar-refractivity contribution in [3.8, 4) is 0 Å². The smallest absolute Gasteiger partial charge is 0.186 e. The van der Waals surface area contributed by atoms with Gasteiger partial charge < -0.3 is 0 Å². The minimum Gasteiger partial charge on any atom is -0.292 e. The van der Waals surface area contributed by atoms with Gasteiger partial charge in [-0.05, 0) is 13.8 Å². The molecule has 0 spiro atoms. The number of nitrogens with zero attached hydrogens (tertiary/aromatic N) is 1. The normalized spacial score (nSPS) is 9.83. The molecule has 1 heterocycles. The molecule has 0 saturated carbocycles. The first-order valence-corrected chi connectivity index (χ1v) is 4.57. The van der Waals surface area contributed by atoms with Crippen LogP contribution in [0.15, 0.2) is 17.5 Å². The third-order valence-electron chi connectivity index (χ3n) is 1.37. The van der Waals surface area contributed by atoms with E-state index in [9.17, 15) is 4.79 Å². The van der Waals surface area contributed by atoms with Crippen LogP contribution in [0.3, 0.4) is 0 Å². The summed E-state index contributed by atoms with van der Waals surface area (Å²) in [6, 6.07) is 0. The fraction of sp³-hybridized carbons (Fsp3) is 0.333. The van der Waals surface area contributed by atoms with Gasteiger partial charge in [0.1, 0.15) is 5.69 Å². The van der Waals surface area contributed by atoms with Crippen LogP contribution in [0.4, 0.5) is 0 Å². The molecule has 0 radical (unpaired) electrons. The molecule has 0 bridgehead atoms. The summed E-state index contributed by atoms with van der Waals surface area (Å²) in [5.74, 6) is 0.0619. The molecule has 0 saturated heterocycles. The van der Waals surface area contributed by atoms with Gasteiger partial charge >= 0.3 is 0 Å². The van der Waals surface area contributed by atoms with Crippen LogP contribution in [0.5, 0.6) is 0 Å². The van der Waals surface area contributed by atoms with Crippen molar-refractivity contribution in [1.29, 1.82) is 0 Å². The predicted octanol–water partition coefficient (Wildman–Crippen LogP) is 2.60. The van der Waals surface area contributed by atoms with E-state index in [1.165, 1.54) is 11.3 Å². The molecule has 0 amide bonds. The molecule has 1 rings (SSSR count). The fourth-order valence-electron chi connectivity index (χ4n) is 0.856. The van der Waals surface area contributed by atoms with Crippen molar-refractivity contribution >= 4 is 17.1 Å². The number of allylic oxidation sites excluding steroid dienone is 1. The van der Waals surface area contributed by atoms with Gasteiger partial charge in [0.25, 0.3) is 0 Å². The van der Waals surface area contributed by atoms with Crippen molar-refractivity contribution in [2.75, 3.05) is 0 Å². The van der Waals surface area contributed by atoms with Gasteiger partial charge in [0.05, 0.1) is 5.01 Å². The maximum atomic E-state index is 11.4. The molecule has 0 aliphatic carbocycles. The number of thiazole rings is 1. The highest BCUT2D eigenvalue weighted by Crippen LogP contribution is 2.11. The second-order valence-electron chi connectivity index (χ2n) is 2.81. The molecule has 3 heteroatoms. The molecule has 0 aliphatic rings. The van der Waals surface area contributed by atoms with Gasteiger partial charge in [0.2, 0.25) is 0 Å². The van der Waals surface area contributed by atoms with Crippen molar-refractivity contribution < 1.29 is 4.79 Å². The molecule has 12 heavy (non-hydrogen) atoms. The van der Waals surface area contributed by atoms with E-state index in [2.05, 4.69) is 11.6 Å². The first-order chi connectivity index (χ1) is 5.59. The molecule has 0 atom stereocenters. The third kappa shape index (κ3) is 2.27. The van der Waals surface area contributed by atoms with E-state index >= 15 is 0 Å². The summed E-state index contributed by atoms with van der Waals surface area (Å²) in [4.78, 5) is 15.4. The lowest BCUT2D eigenvalue weighted by atomic mass is 10.1. The maximum Gasteiger partial charge on any atom is 0.186 e. The number of carbonyl (C=O) groups excluding carboxylic acids is 1. The number of ketones is 1. The largest absolute Gasteiger partial charge is 0.292 e. The predicted molar refractivity (Wildman–Crippen MR) is 50.6 cm³/mol. The summed E-state index contributed by atoms with van der Waals surface area (Å²) < 4.78 is 0. The lowest BCUT2D eigenvalue weighted by molar-refractivity contribution is 0.0989. The average molecular weight is 181 g/mol. The Kier molecular flexibility index (Phi) is 2.76. The van der Waals surface area contributed by atoms with Crippen molar-refractivity contribution in [3.63, 3.8) is 0 Å². The molecule has 2 nitrogen and oxygen atoms in total. The van der Waals surface area contributed by atoms with Gasteiger partial charge in [0, 0.05) is 11.8 Å². The number of carbonyl (C=O) groups is 1. The number of Topliss-reactive ketones (excluding diaryl/α,β-unsaturated/α-hetero) is 1. The minimum absolute atomic E-state index is 0.0619. The summed E-state index contributed by atoms with van der Waals surface area (Å²) in [5.41, 5.74) is 1.45. The molecule has 0 aromatic carbocycles. The first kappa shape index (κ1) is 9.13. The second-order valence-corrected chi connectivity index (χ2v) is 3.87. The average Bonchev–Trinajstić information content (AvgIpc) is 2.34. The van der Waals surface area contributed by atoms with E-state index in [-0.39, 0.29) is 5.78 Å². The van der Waals surface area contributed by atoms with Gasteiger partial charge in [-0.1, -0.05) is 12.2 Å². The first-order valence-electron chi connectivity index (χ1n) is 3.69. The quantitative estimate of drug-likeness (QED) is 0.530. The number of rotatable bonds is 3. The van der Waals surface area contributed by atoms with Gasteiger partial charge in [0.15, 0.2) is 5.78 Å². The summed E-state index contributed by atoms with van der Waals surface area (Å²) in [6.45, 7) is 7.42. The van der Waals surface area contributed by atoms with Crippen LogP contribution >= 0.6 is 11.3 Å². The molecular formula is C9H11NOS. The zero-order chi connectivity index (χ0) is 9.14. The minimum atomic E-state index is 0.0619. The van der Waals surface area contributed by atoms with Crippen LogP contribution in [0.1, 0.15) is 28.8 Å². The highest BCUT2D eigenvalue weighted by molar-refractivity contribution is 7.09. The standard InChI is InChI=1S/C9H11NOS/c1-6(2)4-9(11)8-5-12-7(3)10-8/h5H,1,4H2,2-3H3. The van der Waals surface area contributed by atoms with E-state index in [0.717, 1.165) is 10.6 Å². The van der Waals surface area contributed by atoms with Crippen molar-refractivity contribution in [2.45, 2.75) is 20.3 Å². The third-order valence-corrected chi connectivity index (χ3v) is 2.14. The fourth-order valence-corrected chi connectivity index (χ4v) is 1.47. The van der Waals surface area contributed by atoms with Crippen LogP contribution < -0.4 is 0 Å². The van der Waals surface area contributed by atoms with Gasteiger partial charge in [-0.3, -0.25) is 4.79 Å². The van der Waals surface area contributed by atoms with E-state index in [1.807, 2.05) is 13.8 Å². The topological polar surface area (TPSA) is 30.0 Å². The van der Waals surface area contributed by atoms with E-state index < -0.39 is 0 Å². The Bertz CT molecular complexity index is 314. The summed E-state index contributed by atoms with van der Waals surface area (Å²) >= 11 is 1.50. The summed E-state index contributed by atoms with van der Waals surface area (Å²) in [5, 5.41) is 2.72. The Morgan fingerprint density at radius 1 is 1.75 bits per heavy atom. The lowest BCUT2D eigenvalue weighted by Gasteiger charge is -1.94. The number of aryl methyl sites for hydroxylation is 1. The Morgan fingerprint density at radius 3 is 2.83 bits per heavy atom. The molecular weight excluding hydrogens is 170 g/mol. The molecule has 0 unspecified atom stereocenters. The Hall–Kier alpha value is -0.960. The van der Waals surface area contributed by atoms with Gasteiger partial charge in [-0.2, -0.15) is 0 Å². The second kappa shape index (κ2) is 3.63. The molecule has 1 aromatic rings. The summed E-state index contributed by atoms with van der Waals surface area (Å²) in [6.07, 6.45) is 0.406. The highest BCUT2D eigenvalue weighted by Gasteiger charge is 2.08. The molecule has 0 N–H and O–H groups in total. The number of aromatic nitrogens is 1. The molecule has 0 aliphatic heterocycles. The molecule has 0 fully saturated rings. The maximum absolute atomic E-state index is 11.4. The van der Waals surface area contributed by atoms with Crippen LogP contribution in [-0.2, 0) is 0 Å². The number of hydrogen-bond acceptors (Lipinski definition) is 3. The Labute approximate surface area is 76.0 Å². The molecule has 1 aromatic heterocycles. The SMILES string of the molecule is C=C(C)CC(=O)c1csc(C)n1. The number of hydrogen-bond donors (Lipinski definition) is 0. The van der Waals surface area contributed by atoms with E-state index in [0.29, 0.717) is 12.1 Å². The summed E-state index contributed by atoms with van der Waals surface area (Å²) in [7, 11) is 0. The van der Waals surface area contributed by atoms with E-state index in [4.69, 9.17) is 0 Å². The Balaban J connectivity index is 2.72. The Morgan fingerprint density at radius 2 is 2.42 bits per heavy atom. The van der Waals surface area contributed by atoms with Crippen LogP contribution in [0.2, 0.25) is 0 Å². The van der Waals surface area contributed by atoms with Crippen molar-refractivity contribution in [2.24, 2.45) is 0 Å². The van der Waals surface area contributed by atoms with Gasteiger partial charge in [-0.15, -0.1) is 11.3 Å². The van der Waals surface area contributed by atoms with Crippen molar-refractivity contribution in [1.82, 2.24) is 4.98 Å².